The van der Waals surface area contributed by atoms with Crippen LogP contribution in [0.5, 0.6) is 11.5 Å². The number of carboxylic acid groups (broad SMARTS) is 1. The van der Waals surface area contributed by atoms with Crippen molar-refractivity contribution in [2.45, 2.75) is 0 Å². The van der Waals surface area contributed by atoms with Crippen LogP contribution in [0, 0.1) is 0 Å². The number of piperazine rings is 1. The Morgan fingerprint density at radius 1 is 0.765 bits per heavy atom. The molecular weight excluding hydrogens is 434 g/mol. The minimum absolute atomic E-state index is 0.0527. The Labute approximate surface area is 198 Å². The third kappa shape index (κ3) is 5.06. The molecule has 0 aliphatic carbocycles. The monoisotopic (exact) mass is 461 g/mol. The van der Waals surface area contributed by atoms with E-state index in [9.17, 15) is 14.7 Å². The number of aromatic carboxylic acids is 1. The van der Waals surface area contributed by atoms with Gasteiger partial charge in [-0.3, -0.25) is 4.79 Å². The fourth-order valence-electron chi connectivity index (χ4n) is 3.97. The van der Waals surface area contributed by atoms with Crippen molar-refractivity contribution < 1.29 is 24.2 Å². The summed E-state index contributed by atoms with van der Waals surface area (Å²) in [4.78, 5) is 29.0. The molecule has 1 fully saturated rings. The molecule has 0 unspecified atom stereocenters. The summed E-state index contributed by atoms with van der Waals surface area (Å²) in [5.41, 5.74) is 2.67. The van der Waals surface area contributed by atoms with E-state index in [1.54, 1.807) is 50.6 Å². The summed E-state index contributed by atoms with van der Waals surface area (Å²) < 4.78 is 10.3. The van der Waals surface area contributed by atoms with Crippen LogP contribution in [0.15, 0.2) is 66.7 Å². The molecule has 0 bridgehead atoms. The maximum atomic E-state index is 12.6. The predicted molar refractivity (Wildman–Crippen MR) is 132 cm³/mol. The van der Waals surface area contributed by atoms with Crippen molar-refractivity contribution in [2.75, 3.05) is 55.5 Å². The van der Waals surface area contributed by atoms with Crippen molar-refractivity contribution >= 4 is 28.9 Å². The van der Waals surface area contributed by atoms with E-state index < -0.39 is 5.97 Å². The molecule has 3 aromatic carbocycles. The standard InChI is InChI=1S/C26H27N3O5/c1-33-21-8-3-18(4-9-21)25(30)27-24-12-7-20(17-23(24)26(31)32)29-15-13-28(14-16-29)19-5-10-22(34-2)11-6-19/h3-12,17H,13-16H2,1-2H3,(H,27,30)(H,31,32). The Kier molecular flexibility index (Phi) is 6.87. The van der Waals surface area contributed by atoms with Gasteiger partial charge in [0.15, 0.2) is 0 Å². The van der Waals surface area contributed by atoms with Crippen LogP contribution in [-0.4, -0.2) is 57.4 Å². The minimum Gasteiger partial charge on any atom is -0.497 e. The third-order valence-corrected chi connectivity index (χ3v) is 5.92. The quantitative estimate of drug-likeness (QED) is 0.550. The highest BCUT2D eigenvalue weighted by atomic mass is 16.5. The fourth-order valence-corrected chi connectivity index (χ4v) is 3.97. The number of carboxylic acids is 1. The van der Waals surface area contributed by atoms with Crippen molar-refractivity contribution in [2.24, 2.45) is 0 Å². The van der Waals surface area contributed by atoms with Gasteiger partial charge in [0, 0.05) is 43.1 Å². The summed E-state index contributed by atoms with van der Waals surface area (Å²) in [5, 5.41) is 12.5. The van der Waals surface area contributed by atoms with Gasteiger partial charge in [0.05, 0.1) is 25.5 Å². The number of carbonyl (C=O) groups excluding carboxylic acids is 1. The molecule has 4 rings (SSSR count). The summed E-state index contributed by atoms with van der Waals surface area (Å²) in [6, 6.07) is 19.7. The molecule has 0 radical (unpaired) electrons. The van der Waals surface area contributed by atoms with Gasteiger partial charge in [-0.1, -0.05) is 0 Å². The lowest BCUT2D eigenvalue weighted by Crippen LogP contribution is -2.46. The molecule has 0 spiro atoms. The number of ether oxygens (including phenoxy) is 2. The van der Waals surface area contributed by atoms with Gasteiger partial charge in [-0.15, -0.1) is 0 Å². The normalized spacial score (nSPS) is 13.4. The maximum Gasteiger partial charge on any atom is 0.337 e. The number of rotatable bonds is 7. The van der Waals surface area contributed by atoms with E-state index in [1.807, 2.05) is 30.3 Å². The Hall–Kier alpha value is -4.20. The Morgan fingerprint density at radius 3 is 1.79 bits per heavy atom. The Morgan fingerprint density at radius 2 is 1.26 bits per heavy atom. The van der Waals surface area contributed by atoms with Gasteiger partial charge in [-0.25, -0.2) is 4.79 Å². The van der Waals surface area contributed by atoms with Gasteiger partial charge in [-0.05, 0) is 66.7 Å². The number of anilines is 3. The molecule has 1 saturated heterocycles. The van der Waals surface area contributed by atoms with Crippen LogP contribution in [0.25, 0.3) is 0 Å². The van der Waals surface area contributed by atoms with E-state index in [0.29, 0.717) is 11.3 Å². The van der Waals surface area contributed by atoms with Crippen LogP contribution in [-0.2, 0) is 0 Å². The van der Waals surface area contributed by atoms with E-state index in [-0.39, 0.29) is 17.2 Å². The third-order valence-electron chi connectivity index (χ3n) is 5.92. The van der Waals surface area contributed by atoms with Gasteiger partial charge in [0.2, 0.25) is 0 Å². The number of nitrogens with one attached hydrogen (secondary N) is 1. The van der Waals surface area contributed by atoms with Crippen LogP contribution in [0.1, 0.15) is 20.7 Å². The van der Waals surface area contributed by atoms with Crippen LogP contribution in [0.4, 0.5) is 17.1 Å². The summed E-state index contributed by atoms with van der Waals surface area (Å²) in [5.74, 6) is -0.0169. The first kappa shape index (κ1) is 23.0. The van der Waals surface area contributed by atoms with Crippen molar-refractivity contribution in [3.05, 3.63) is 77.9 Å². The Balaban J connectivity index is 1.44. The van der Waals surface area contributed by atoms with Crippen molar-refractivity contribution in [1.82, 2.24) is 0 Å². The highest BCUT2D eigenvalue weighted by Crippen LogP contribution is 2.27. The first-order chi connectivity index (χ1) is 16.5. The molecular formula is C26H27N3O5. The first-order valence-corrected chi connectivity index (χ1v) is 10.9. The molecule has 34 heavy (non-hydrogen) atoms. The molecule has 0 saturated carbocycles. The fraction of sp³-hybridized carbons (Fsp3) is 0.231. The van der Waals surface area contributed by atoms with Crippen LogP contribution in [0.2, 0.25) is 0 Å². The lowest BCUT2D eigenvalue weighted by Gasteiger charge is -2.37. The molecule has 8 heteroatoms. The highest BCUT2D eigenvalue weighted by Gasteiger charge is 2.21. The van der Waals surface area contributed by atoms with E-state index in [2.05, 4.69) is 15.1 Å². The number of benzene rings is 3. The highest BCUT2D eigenvalue weighted by molar-refractivity contribution is 6.08. The average molecular weight is 462 g/mol. The first-order valence-electron chi connectivity index (χ1n) is 10.9. The molecule has 1 aliphatic heterocycles. The summed E-state index contributed by atoms with van der Waals surface area (Å²) >= 11 is 0. The van der Waals surface area contributed by atoms with E-state index in [4.69, 9.17) is 9.47 Å². The second-order valence-corrected chi connectivity index (χ2v) is 7.89. The van der Waals surface area contributed by atoms with Crippen molar-refractivity contribution in [1.29, 1.82) is 0 Å². The average Bonchev–Trinajstić information content (AvgIpc) is 2.89. The number of carbonyl (C=O) groups is 2. The predicted octanol–water partition coefficient (Wildman–Crippen LogP) is 3.98. The molecule has 1 amide bonds. The van der Waals surface area contributed by atoms with E-state index in [0.717, 1.165) is 43.3 Å². The molecule has 3 aromatic rings. The second-order valence-electron chi connectivity index (χ2n) is 7.89. The molecule has 8 nitrogen and oxygen atoms in total. The van der Waals surface area contributed by atoms with Gasteiger partial charge in [0.1, 0.15) is 11.5 Å². The summed E-state index contributed by atoms with van der Waals surface area (Å²) in [6.07, 6.45) is 0. The van der Waals surface area contributed by atoms with Gasteiger partial charge in [0.25, 0.3) is 5.91 Å². The SMILES string of the molecule is COc1ccc(C(=O)Nc2ccc(N3CCN(c4ccc(OC)cc4)CC3)cc2C(=O)O)cc1. The van der Waals surface area contributed by atoms with Crippen LogP contribution in [0.3, 0.4) is 0 Å². The minimum atomic E-state index is -1.09. The number of methoxy groups -OCH3 is 2. The smallest absolute Gasteiger partial charge is 0.337 e. The summed E-state index contributed by atoms with van der Waals surface area (Å²) in [7, 11) is 3.20. The van der Waals surface area contributed by atoms with Gasteiger partial charge < -0.3 is 29.7 Å². The molecule has 2 N–H and O–H groups in total. The molecule has 176 valence electrons. The van der Waals surface area contributed by atoms with Gasteiger partial charge in [-0.2, -0.15) is 0 Å². The van der Waals surface area contributed by atoms with Crippen LogP contribution >= 0.6 is 0 Å². The van der Waals surface area contributed by atoms with Crippen molar-refractivity contribution in [3.8, 4) is 11.5 Å². The number of amides is 1. The number of nitrogens with zero attached hydrogens (tertiary/aromatic N) is 2. The number of hydrogen-bond acceptors (Lipinski definition) is 6. The lowest BCUT2D eigenvalue weighted by atomic mass is 10.1. The van der Waals surface area contributed by atoms with Crippen LogP contribution < -0.4 is 24.6 Å². The zero-order valence-electron chi connectivity index (χ0n) is 19.2. The van der Waals surface area contributed by atoms with Crippen molar-refractivity contribution in [3.63, 3.8) is 0 Å². The molecule has 1 heterocycles. The zero-order chi connectivity index (χ0) is 24.1. The lowest BCUT2D eigenvalue weighted by molar-refractivity contribution is 0.0698. The van der Waals surface area contributed by atoms with E-state index in [1.165, 1.54) is 0 Å². The summed E-state index contributed by atoms with van der Waals surface area (Å²) in [6.45, 7) is 3.13. The van der Waals surface area contributed by atoms with E-state index >= 15 is 0 Å². The van der Waals surface area contributed by atoms with Gasteiger partial charge >= 0.3 is 5.97 Å². The zero-order valence-corrected chi connectivity index (χ0v) is 19.2. The molecule has 1 aliphatic rings. The largest absolute Gasteiger partial charge is 0.497 e. The Bertz CT molecular complexity index is 1150. The topological polar surface area (TPSA) is 91.3 Å². The molecule has 0 aromatic heterocycles. The molecule has 0 atom stereocenters. The second kappa shape index (κ2) is 10.2. The maximum absolute atomic E-state index is 12.6. The number of hydrogen-bond donors (Lipinski definition) is 2.